The van der Waals surface area contributed by atoms with Crippen molar-refractivity contribution < 1.29 is 9.18 Å². The molecule has 1 N–H and O–H groups in total. The van der Waals surface area contributed by atoms with Crippen LogP contribution in [0.4, 0.5) is 15.9 Å². The molecule has 0 spiro atoms. The maximum absolute atomic E-state index is 13.7. The van der Waals surface area contributed by atoms with E-state index in [1.165, 1.54) is 6.07 Å². The molecular formula is C18H19BrFN7O. The Labute approximate surface area is 169 Å². The smallest absolute Gasteiger partial charge is 0.238 e. The number of nitrogens with one attached hydrogen (secondary N) is 1. The van der Waals surface area contributed by atoms with Crippen LogP contribution in [0.15, 0.2) is 35.2 Å². The molecule has 1 aromatic carbocycles. The SMILES string of the molecule is Cn1nc(Br)c2c(N3CCN(CC(=O)Nc4ccccc4F)CC3)ncnc21. The number of hydrogen-bond donors (Lipinski definition) is 1. The fraction of sp³-hybridized carbons (Fsp3) is 0.333. The summed E-state index contributed by atoms with van der Waals surface area (Å²) in [6, 6.07) is 6.16. The number of fused-ring (bicyclic) bond motifs is 1. The predicted molar refractivity (Wildman–Crippen MR) is 108 cm³/mol. The summed E-state index contributed by atoms with van der Waals surface area (Å²) in [5.41, 5.74) is 0.972. The van der Waals surface area contributed by atoms with Gasteiger partial charge in [0.1, 0.15) is 22.6 Å². The van der Waals surface area contributed by atoms with Crippen molar-refractivity contribution >= 4 is 44.4 Å². The van der Waals surface area contributed by atoms with Crippen LogP contribution in [0.5, 0.6) is 0 Å². The van der Waals surface area contributed by atoms with E-state index in [1.54, 1.807) is 29.2 Å². The van der Waals surface area contributed by atoms with Crippen LogP contribution in [0, 0.1) is 5.82 Å². The molecule has 4 rings (SSSR count). The van der Waals surface area contributed by atoms with E-state index < -0.39 is 5.82 Å². The van der Waals surface area contributed by atoms with Crippen molar-refractivity contribution in [1.29, 1.82) is 0 Å². The number of halogens is 2. The first-order valence-corrected chi connectivity index (χ1v) is 9.67. The number of carbonyl (C=O) groups is 1. The second kappa shape index (κ2) is 7.80. The maximum Gasteiger partial charge on any atom is 0.238 e. The van der Waals surface area contributed by atoms with Gasteiger partial charge in [-0.3, -0.25) is 9.69 Å². The molecule has 3 heterocycles. The van der Waals surface area contributed by atoms with E-state index in [-0.39, 0.29) is 18.1 Å². The highest BCUT2D eigenvalue weighted by atomic mass is 79.9. The number of aryl methyl sites for hydroxylation is 1. The molecule has 1 fully saturated rings. The van der Waals surface area contributed by atoms with Gasteiger partial charge >= 0.3 is 0 Å². The summed E-state index contributed by atoms with van der Waals surface area (Å²) in [5, 5.41) is 7.87. The zero-order chi connectivity index (χ0) is 19.7. The lowest BCUT2D eigenvalue weighted by Crippen LogP contribution is -2.49. The molecule has 8 nitrogen and oxygen atoms in total. The number of benzene rings is 1. The number of para-hydroxylation sites is 1. The molecule has 1 aliphatic rings. The number of nitrogens with zero attached hydrogens (tertiary/aromatic N) is 6. The summed E-state index contributed by atoms with van der Waals surface area (Å²) in [6.07, 6.45) is 1.54. The number of amides is 1. The fourth-order valence-corrected chi connectivity index (χ4v) is 3.93. The van der Waals surface area contributed by atoms with Crippen molar-refractivity contribution in [3.05, 3.63) is 41.0 Å². The third-order valence-corrected chi connectivity index (χ3v) is 5.30. The normalized spacial score (nSPS) is 15.2. The average molecular weight is 448 g/mol. The van der Waals surface area contributed by atoms with E-state index in [4.69, 9.17) is 0 Å². The standard InChI is InChI=1S/C18H19BrFN7O/c1-25-17-15(16(19)24-25)18(22-11-21-17)27-8-6-26(7-9-27)10-14(28)23-13-5-3-2-4-12(13)20/h2-5,11H,6-10H2,1H3,(H,23,28). The van der Waals surface area contributed by atoms with E-state index in [2.05, 4.69) is 41.2 Å². The summed E-state index contributed by atoms with van der Waals surface area (Å²) >= 11 is 3.48. The van der Waals surface area contributed by atoms with Crippen LogP contribution >= 0.6 is 15.9 Å². The van der Waals surface area contributed by atoms with Crippen LogP contribution < -0.4 is 10.2 Å². The Bertz CT molecular complexity index is 1020. The Balaban J connectivity index is 1.39. The van der Waals surface area contributed by atoms with E-state index in [0.717, 1.165) is 29.9 Å². The summed E-state index contributed by atoms with van der Waals surface area (Å²) in [6.45, 7) is 3.07. The molecule has 0 saturated carbocycles. The van der Waals surface area contributed by atoms with Gasteiger partial charge < -0.3 is 10.2 Å². The molecule has 0 unspecified atom stereocenters. The zero-order valence-electron chi connectivity index (χ0n) is 15.3. The molecule has 1 amide bonds. The molecule has 28 heavy (non-hydrogen) atoms. The van der Waals surface area contributed by atoms with Crippen LogP contribution in [0.1, 0.15) is 0 Å². The van der Waals surface area contributed by atoms with Crippen molar-refractivity contribution in [2.75, 3.05) is 42.9 Å². The van der Waals surface area contributed by atoms with Crippen molar-refractivity contribution in [2.45, 2.75) is 0 Å². The third kappa shape index (κ3) is 3.69. The maximum atomic E-state index is 13.7. The molecule has 0 radical (unpaired) electrons. The van der Waals surface area contributed by atoms with Crippen LogP contribution in [0.3, 0.4) is 0 Å². The Hall–Kier alpha value is -2.59. The Morgan fingerprint density at radius 1 is 1.21 bits per heavy atom. The van der Waals surface area contributed by atoms with Crippen molar-refractivity contribution in [1.82, 2.24) is 24.6 Å². The molecule has 0 atom stereocenters. The zero-order valence-corrected chi connectivity index (χ0v) is 16.9. The van der Waals surface area contributed by atoms with Gasteiger partial charge in [0.2, 0.25) is 5.91 Å². The van der Waals surface area contributed by atoms with Gasteiger partial charge in [0.25, 0.3) is 0 Å². The largest absolute Gasteiger partial charge is 0.353 e. The molecule has 1 saturated heterocycles. The quantitative estimate of drug-likeness (QED) is 0.658. The minimum Gasteiger partial charge on any atom is -0.353 e. The summed E-state index contributed by atoms with van der Waals surface area (Å²) < 4.78 is 16.1. The highest BCUT2D eigenvalue weighted by Crippen LogP contribution is 2.29. The van der Waals surface area contributed by atoms with Crippen molar-refractivity contribution in [3.8, 4) is 0 Å². The second-order valence-electron chi connectivity index (χ2n) is 6.60. The Morgan fingerprint density at radius 3 is 2.71 bits per heavy atom. The Morgan fingerprint density at radius 2 is 1.96 bits per heavy atom. The monoisotopic (exact) mass is 447 g/mol. The highest BCUT2D eigenvalue weighted by molar-refractivity contribution is 9.10. The number of carbonyl (C=O) groups excluding carboxylic acids is 1. The van der Waals surface area contributed by atoms with E-state index in [1.807, 2.05) is 11.9 Å². The molecule has 3 aromatic rings. The number of piperazine rings is 1. The second-order valence-corrected chi connectivity index (χ2v) is 7.35. The average Bonchev–Trinajstić information content (AvgIpc) is 2.98. The van der Waals surface area contributed by atoms with E-state index >= 15 is 0 Å². The fourth-order valence-electron chi connectivity index (χ4n) is 3.34. The van der Waals surface area contributed by atoms with Gasteiger partial charge in [-0.05, 0) is 28.1 Å². The van der Waals surface area contributed by atoms with E-state index in [0.29, 0.717) is 17.7 Å². The van der Waals surface area contributed by atoms with Gasteiger partial charge in [-0.2, -0.15) is 5.10 Å². The lowest BCUT2D eigenvalue weighted by Gasteiger charge is -2.35. The first-order valence-electron chi connectivity index (χ1n) is 8.88. The molecule has 0 aliphatic carbocycles. The van der Waals surface area contributed by atoms with Gasteiger partial charge in [0, 0.05) is 33.2 Å². The number of anilines is 2. The lowest BCUT2D eigenvalue weighted by atomic mass is 10.2. The minimum atomic E-state index is -0.435. The molecule has 0 bridgehead atoms. The van der Waals surface area contributed by atoms with E-state index in [9.17, 15) is 9.18 Å². The minimum absolute atomic E-state index is 0.205. The summed E-state index contributed by atoms with van der Waals surface area (Å²) in [7, 11) is 1.84. The van der Waals surface area contributed by atoms with Crippen LogP contribution in [0.2, 0.25) is 0 Å². The van der Waals surface area contributed by atoms with Gasteiger partial charge in [-0.15, -0.1) is 0 Å². The predicted octanol–water partition coefficient (Wildman–Crippen LogP) is 2.03. The topological polar surface area (TPSA) is 79.2 Å². The Kier molecular flexibility index (Phi) is 5.23. The number of rotatable bonds is 4. The van der Waals surface area contributed by atoms with Gasteiger partial charge in [0.15, 0.2) is 5.65 Å². The number of aromatic nitrogens is 4. The summed E-state index contributed by atoms with van der Waals surface area (Å²) in [5.74, 6) is 0.175. The first kappa shape index (κ1) is 18.8. The third-order valence-electron chi connectivity index (χ3n) is 4.74. The summed E-state index contributed by atoms with van der Waals surface area (Å²) in [4.78, 5) is 25.2. The molecule has 146 valence electrons. The van der Waals surface area contributed by atoms with Gasteiger partial charge in [-0.25, -0.2) is 19.0 Å². The van der Waals surface area contributed by atoms with Crippen LogP contribution in [-0.4, -0.2) is 63.3 Å². The molecule has 10 heteroatoms. The molecular weight excluding hydrogens is 429 g/mol. The van der Waals surface area contributed by atoms with Crippen LogP contribution in [0.25, 0.3) is 11.0 Å². The highest BCUT2D eigenvalue weighted by Gasteiger charge is 2.24. The van der Waals surface area contributed by atoms with Gasteiger partial charge in [-0.1, -0.05) is 12.1 Å². The molecule has 2 aromatic heterocycles. The van der Waals surface area contributed by atoms with Crippen LogP contribution in [-0.2, 0) is 11.8 Å². The first-order chi connectivity index (χ1) is 13.5. The number of hydrogen-bond acceptors (Lipinski definition) is 6. The lowest BCUT2D eigenvalue weighted by molar-refractivity contribution is -0.117. The molecule has 1 aliphatic heterocycles. The van der Waals surface area contributed by atoms with Crippen molar-refractivity contribution in [2.24, 2.45) is 7.05 Å². The van der Waals surface area contributed by atoms with Gasteiger partial charge in [0.05, 0.1) is 17.6 Å². The van der Waals surface area contributed by atoms with Crippen molar-refractivity contribution in [3.63, 3.8) is 0 Å².